The summed E-state index contributed by atoms with van der Waals surface area (Å²) in [6, 6.07) is 23.2. The van der Waals surface area contributed by atoms with Crippen LogP contribution in [0.3, 0.4) is 0 Å². The van der Waals surface area contributed by atoms with E-state index >= 15 is 0 Å². The van der Waals surface area contributed by atoms with Crippen molar-refractivity contribution < 1.29 is 9.67 Å². The molecule has 0 fully saturated rings. The second-order valence-electron chi connectivity index (χ2n) is 6.76. The number of halogens is 1. The number of allylic oxidation sites excluding steroid dienone is 1. The van der Waals surface area contributed by atoms with Crippen molar-refractivity contribution in [3.63, 3.8) is 0 Å². The Hall–Kier alpha value is -3.18. The average Bonchev–Trinajstić information content (AvgIpc) is 2.75. The van der Waals surface area contributed by atoms with E-state index in [2.05, 4.69) is 15.9 Å². The number of pyridine rings is 1. The third-order valence-electron chi connectivity index (χ3n) is 4.81. The van der Waals surface area contributed by atoms with E-state index in [4.69, 9.17) is 0 Å². The predicted molar refractivity (Wildman–Crippen MR) is 118 cm³/mol. The van der Waals surface area contributed by atoms with E-state index in [0.29, 0.717) is 24.2 Å². The largest absolute Gasteiger partial charge is 0.477 e. The molecule has 2 aromatic heterocycles. The first-order valence-corrected chi connectivity index (χ1v) is 10.1. The fourth-order valence-corrected chi connectivity index (χ4v) is 3.61. The molecule has 2 heterocycles. The first-order valence-electron chi connectivity index (χ1n) is 9.34. The monoisotopic (exact) mass is 447 g/mol. The highest BCUT2D eigenvalue weighted by atomic mass is 79.9. The van der Waals surface area contributed by atoms with Crippen LogP contribution in [0.5, 0.6) is 5.88 Å². The van der Waals surface area contributed by atoms with Crippen molar-refractivity contribution in [2.45, 2.75) is 13.0 Å². The van der Waals surface area contributed by atoms with Gasteiger partial charge < -0.3 is 5.11 Å². The van der Waals surface area contributed by atoms with Gasteiger partial charge in [-0.2, -0.15) is 8.97 Å². The molecule has 0 saturated carbocycles. The first-order chi connectivity index (χ1) is 14.1. The summed E-state index contributed by atoms with van der Waals surface area (Å²) in [5.74, 6) is 0.00510. The molecule has 144 valence electrons. The van der Waals surface area contributed by atoms with E-state index in [0.717, 1.165) is 15.6 Å². The van der Waals surface area contributed by atoms with Crippen LogP contribution in [0.25, 0.3) is 11.7 Å². The molecule has 0 unspecified atom stereocenters. The number of nitrogens with zero attached hydrogens (tertiary/aromatic N) is 2. The van der Waals surface area contributed by atoms with Gasteiger partial charge >= 0.3 is 5.56 Å². The van der Waals surface area contributed by atoms with Crippen LogP contribution < -0.4 is 10.1 Å². The molecule has 0 amide bonds. The normalized spacial score (nSPS) is 11.3. The topological polar surface area (TPSA) is 45.6 Å². The Morgan fingerprint density at radius 2 is 1.69 bits per heavy atom. The average molecular weight is 448 g/mol. The Morgan fingerprint density at radius 3 is 2.45 bits per heavy atom. The van der Waals surface area contributed by atoms with Crippen molar-refractivity contribution in [3.05, 3.63) is 117 Å². The summed E-state index contributed by atoms with van der Waals surface area (Å²) in [7, 11) is 0. The SMILES string of the molecule is O=c1c(Cc2ccccc2)c(O)[n+](C/C=C/c2ccc(Br)cc2)c2ccccn12. The summed E-state index contributed by atoms with van der Waals surface area (Å²) in [6.45, 7) is 0.442. The molecule has 1 N–H and O–H groups in total. The van der Waals surface area contributed by atoms with E-state index in [1.54, 1.807) is 15.2 Å². The zero-order valence-corrected chi connectivity index (χ0v) is 17.3. The molecule has 2 aromatic carbocycles. The number of fused-ring (bicyclic) bond motifs is 1. The van der Waals surface area contributed by atoms with Crippen LogP contribution in [0.4, 0.5) is 0 Å². The molecule has 29 heavy (non-hydrogen) atoms. The summed E-state index contributed by atoms with van der Waals surface area (Å²) in [5.41, 5.74) is 2.88. The Morgan fingerprint density at radius 1 is 0.966 bits per heavy atom. The van der Waals surface area contributed by atoms with E-state index in [9.17, 15) is 9.90 Å². The van der Waals surface area contributed by atoms with Gasteiger partial charge in [0.25, 0.3) is 11.5 Å². The lowest BCUT2D eigenvalue weighted by Gasteiger charge is -2.08. The lowest BCUT2D eigenvalue weighted by Crippen LogP contribution is -2.41. The van der Waals surface area contributed by atoms with Crippen LogP contribution >= 0.6 is 15.9 Å². The van der Waals surface area contributed by atoms with E-state index < -0.39 is 0 Å². The number of aromatic nitrogens is 2. The number of hydrogen-bond acceptors (Lipinski definition) is 2. The van der Waals surface area contributed by atoms with E-state index in [-0.39, 0.29) is 11.4 Å². The number of hydrogen-bond donors (Lipinski definition) is 1. The Labute approximate surface area is 177 Å². The van der Waals surface area contributed by atoms with Crippen LogP contribution in [0.15, 0.2) is 94.3 Å². The number of aromatic hydroxyl groups is 1. The van der Waals surface area contributed by atoms with Crippen LogP contribution in [0.1, 0.15) is 16.7 Å². The molecule has 0 aliphatic heterocycles. The number of rotatable bonds is 5. The predicted octanol–water partition coefficient (Wildman–Crippen LogP) is 4.36. The second-order valence-corrected chi connectivity index (χ2v) is 7.68. The first kappa shape index (κ1) is 19.2. The standard InChI is InChI=1S/C24H19BrN2O2/c25-20-13-11-18(12-14-20)9-6-16-27-22-10-4-5-15-26(22)23(28)21(24(27)29)17-19-7-2-1-3-8-19/h1-15H,16-17H2/p+1/b9-6+. The molecule has 0 aliphatic carbocycles. The quantitative estimate of drug-likeness (QED) is 0.462. The highest BCUT2D eigenvalue weighted by Crippen LogP contribution is 2.15. The van der Waals surface area contributed by atoms with Gasteiger partial charge in [-0.1, -0.05) is 70.5 Å². The lowest BCUT2D eigenvalue weighted by atomic mass is 10.1. The van der Waals surface area contributed by atoms with E-state index in [1.807, 2.05) is 84.9 Å². The van der Waals surface area contributed by atoms with Gasteiger partial charge in [0.15, 0.2) is 0 Å². The molecule has 0 radical (unpaired) electrons. The maximum Gasteiger partial charge on any atom is 0.349 e. The lowest BCUT2D eigenvalue weighted by molar-refractivity contribution is -0.671. The molecule has 0 atom stereocenters. The van der Waals surface area contributed by atoms with Crippen molar-refractivity contribution in [2.24, 2.45) is 0 Å². The molecular weight excluding hydrogens is 428 g/mol. The third kappa shape index (κ3) is 4.15. The van der Waals surface area contributed by atoms with Crippen LogP contribution in [-0.4, -0.2) is 9.51 Å². The van der Waals surface area contributed by atoms with Gasteiger partial charge in [0.2, 0.25) is 0 Å². The van der Waals surface area contributed by atoms with Gasteiger partial charge in [0, 0.05) is 17.0 Å². The second kappa shape index (κ2) is 8.45. The Balaban J connectivity index is 1.76. The van der Waals surface area contributed by atoms with Gasteiger partial charge in [-0.05, 0) is 35.4 Å². The number of benzene rings is 2. The molecule has 0 spiro atoms. The van der Waals surface area contributed by atoms with Crippen molar-refractivity contribution >= 4 is 27.7 Å². The zero-order chi connectivity index (χ0) is 20.2. The molecule has 0 bridgehead atoms. The fourth-order valence-electron chi connectivity index (χ4n) is 3.34. The zero-order valence-electron chi connectivity index (χ0n) is 15.7. The molecular formula is C24H20BrN2O2+. The van der Waals surface area contributed by atoms with Gasteiger partial charge in [-0.15, -0.1) is 0 Å². The summed E-state index contributed by atoms with van der Waals surface area (Å²) < 4.78 is 4.38. The van der Waals surface area contributed by atoms with Gasteiger partial charge in [-0.3, -0.25) is 0 Å². The van der Waals surface area contributed by atoms with Crippen molar-refractivity contribution in [3.8, 4) is 5.88 Å². The van der Waals surface area contributed by atoms with Gasteiger partial charge in [0.1, 0.15) is 12.1 Å². The maximum atomic E-state index is 13.0. The summed E-state index contributed by atoms with van der Waals surface area (Å²) in [5, 5.41) is 11.0. The molecule has 4 aromatic rings. The van der Waals surface area contributed by atoms with Crippen molar-refractivity contribution in [2.75, 3.05) is 0 Å². The summed E-state index contributed by atoms with van der Waals surface area (Å²) >= 11 is 3.44. The fraction of sp³-hybridized carbons (Fsp3) is 0.0833. The van der Waals surface area contributed by atoms with Crippen molar-refractivity contribution in [1.29, 1.82) is 0 Å². The van der Waals surface area contributed by atoms with E-state index in [1.165, 1.54) is 0 Å². The highest BCUT2D eigenvalue weighted by molar-refractivity contribution is 9.10. The molecule has 5 heteroatoms. The molecule has 0 aliphatic rings. The maximum absolute atomic E-state index is 13.0. The van der Waals surface area contributed by atoms with Crippen LogP contribution in [0, 0.1) is 0 Å². The minimum Gasteiger partial charge on any atom is -0.477 e. The molecule has 4 nitrogen and oxygen atoms in total. The van der Waals surface area contributed by atoms with Crippen LogP contribution in [0.2, 0.25) is 0 Å². The summed E-state index contributed by atoms with van der Waals surface area (Å²) in [4.78, 5) is 13.0. The summed E-state index contributed by atoms with van der Waals surface area (Å²) in [6.07, 6.45) is 6.09. The Kier molecular flexibility index (Phi) is 5.58. The minimum atomic E-state index is -0.199. The minimum absolute atomic E-state index is 0.00510. The highest BCUT2D eigenvalue weighted by Gasteiger charge is 2.22. The molecule has 4 rings (SSSR count). The molecule has 0 saturated heterocycles. The van der Waals surface area contributed by atoms with Gasteiger partial charge in [0.05, 0.1) is 6.20 Å². The Bertz CT molecular complexity index is 1230. The van der Waals surface area contributed by atoms with Gasteiger partial charge in [-0.25, -0.2) is 4.79 Å². The third-order valence-corrected chi connectivity index (χ3v) is 5.34. The smallest absolute Gasteiger partial charge is 0.349 e. The van der Waals surface area contributed by atoms with Crippen molar-refractivity contribution in [1.82, 2.24) is 4.40 Å². The van der Waals surface area contributed by atoms with Crippen LogP contribution in [-0.2, 0) is 13.0 Å².